The summed E-state index contributed by atoms with van der Waals surface area (Å²) in [6.45, 7) is 3.71. The molecule has 3 aromatic rings. The second-order valence-electron chi connectivity index (χ2n) is 5.92. The monoisotopic (exact) mass is 404 g/mol. The van der Waals surface area contributed by atoms with Crippen molar-refractivity contribution in [2.75, 3.05) is 0 Å². The Morgan fingerprint density at radius 3 is 2.56 bits per heavy atom. The van der Waals surface area contributed by atoms with Crippen LogP contribution in [0, 0.1) is 13.8 Å². The van der Waals surface area contributed by atoms with Crippen molar-refractivity contribution >= 4 is 34.7 Å². The summed E-state index contributed by atoms with van der Waals surface area (Å²) in [5.41, 5.74) is 1.39. The van der Waals surface area contributed by atoms with Gasteiger partial charge in [0.2, 0.25) is 5.89 Å². The molecule has 0 atom stereocenters. The summed E-state index contributed by atoms with van der Waals surface area (Å²) in [7, 11) is 0. The van der Waals surface area contributed by atoms with Crippen molar-refractivity contribution in [3.8, 4) is 11.5 Å². The van der Waals surface area contributed by atoms with Crippen LogP contribution >= 0.6 is 22.9 Å². The molecule has 0 aliphatic rings. The van der Waals surface area contributed by atoms with Crippen LogP contribution in [0.25, 0.3) is 11.5 Å². The number of nitrogens with zero attached hydrogens (tertiary/aromatic N) is 2. The van der Waals surface area contributed by atoms with Gasteiger partial charge in [-0.2, -0.15) is 0 Å². The Morgan fingerprint density at radius 1 is 1.15 bits per heavy atom. The minimum atomic E-state index is -0.487. The minimum absolute atomic E-state index is 0.00530. The van der Waals surface area contributed by atoms with Gasteiger partial charge >= 0.3 is 5.97 Å². The van der Waals surface area contributed by atoms with Gasteiger partial charge in [0.25, 0.3) is 5.89 Å². The van der Waals surface area contributed by atoms with E-state index < -0.39 is 5.97 Å². The van der Waals surface area contributed by atoms with E-state index in [1.165, 1.54) is 0 Å². The van der Waals surface area contributed by atoms with E-state index in [9.17, 15) is 9.59 Å². The van der Waals surface area contributed by atoms with Gasteiger partial charge < -0.3 is 9.15 Å². The number of Topliss-reactive ketones (excluding diaryl/α,β-unsaturated/α-hetero) is 1. The normalized spacial score (nSPS) is 10.8. The molecule has 0 saturated heterocycles. The van der Waals surface area contributed by atoms with Crippen molar-refractivity contribution in [1.29, 1.82) is 0 Å². The Kier molecular flexibility index (Phi) is 6.03. The lowest BCUT2D eigenvalue weighted by molar-refractivity contribution is -0.145. The molecule has 0 amide bonds. The van der Waals surface area contributed by atoms with Crippen molar-refractivity contribution in [3.63, 3.8) is 0 Å². The summed E-state index contributed by atoms with van der Waals surface area (Å²) in [5.74, 6) is -0.0454. The highest BCUT2D eigenvalue weighted by atomic mass is 35.5. The van der Waals surface area contributed by atoms with Crippen molar-refractivity contribution in [2.45, 2.75) is 33.3 Å². The van der Waals surface area contributed by atoms with Crippen molar-refractivity contribution in [3.05, 3.63) is 56.6 Å². The molecule has 1 aromatic carbocycles. The van der Waals surface area contributed by atoms with Crippen LogP contribution in [0.5, 0.6) is 0 Å². The lowest BCUT2D eigenvalue weighted by Crippen LogP contribution is -2.08. The van der Waals surface area contributed by atoms with Gasteiger partial charge in [0, 0.05) is 32.3 Å². The second-order valence-corrected chi connectivity index (χ2v) is 7.82. The smallest absolute Gasteiger partial charge is 0.306 e. The number of esters is 1. The van der Waals surface area contributed by atoms with Crippen LogP contribution in [-0.4, -0.2) is 21.9 Å². The fourth-order valence-corrected chi connectivity index (χ4v) is 3.56. The van der Waals surface area contributed by atoms with Crippen LogP contribution in [0.3, 0.4) is 0 Å². The molecule has 0 bridgehead atoms. The third-order valence-corrected chi connectivity index (χ3v) is 5.03. The van der Waals surface area contributed by atoms with E-state index in [1.54, 1.807) is 35.6 Å². The number of aromatic nitrogens is 2. The van der Waals surface area contributed by atoms with Crippen LogP contribution in [0.15, 0.2) is 34.7 Å². The first-order valence-corrected chi connectivity index (χ1v) is 9.46. The summed E-state index contributed by atoms with van der Waals surface area (Å²) >= 11 is 7.41. The first-order valence-electron chi connectivity index (χ1n) is 8.26. The molecule has 0 unspecified atom stereocenters. The molecule has 6 nitrogen and oxygen atoms in total. The second kappa shape index (κ2) is 8.45. The van der Waals surface area contributed by atoms with Gasteiger partial charge in [-0.15, -0.1) is 21.5 Å². The molecule has 27 heavy (non-hydrogen) atoms. The summed E-state index contributed by atoms with van der Waals surface area (Å²) in [5, 5.41) is 8.37. The molecule has 2 heterocycles. The first kappa shape index (κ1) is 19.3. The Labute approximate surface area is 165 Å². The maximum atomic E-state index is 12.2. The Morgan fingerprint density at radius 2 is 1.89 bits per heavy atom. The van der Waals surface area contributed by atoms with Gasteiger partial charge in [-0.25, -0.2) is 0 Å². The SMILES string of the molecule is Cc1cc(C(=O)CCC(=O)OCc2nnc(-c3ccc(Cl)cc3)o2)c(C)s1. The third-order valence-electron chi connectivity index (χ3n) is 3.81. The number of halogens is 1. The lowest BCUT2D eigenvalue weighted by atomic mass is 10.1. The minimum Gasteiger partial charge on any atom is -0.456 e. The van der Waals surface area contributed by atoms with Gasteiger partial charge in [0.1, 0.15) is 0 Å². The van der Waals surface area contributed by atoms with E-state index in [1.807, 2.05) is 19.9 Å². The average molecular weight is 405 g/mol. The van der Waals surface area contributed by atoms with E-state index in [2.05, 4.69) is 10.2 Å². The Balaban J connectivity index is 1.49. The zero-order chi connectivity index (χ0) is 19.4. The van der Waals surface area contributed by atoms with Crippen molar-refractivity contribution in [1.82, 2.24) is 10.2 Å². The molecule has 2 aromatic heterocycles. The van der Waals surface area contributed by atoms with E-state index in [0.29, 0.717) is 16.5 Å². The first-order chi connectivity index (χ1) is 12.9. The highest BCUT2D eigenvalue weighted by molar-refractivity contribution is 7.12. The number of ether oxygens (including phenoxy) is 1. The van der Waals surface area contributed by atoms with E-state index in [-0.39, 0.29) is 31.1 Å². The number of thiophene rings is 1. The van der Waals surface area contributed by atoms with Gasteiger partial charge in [-0.3, -0.25) is 9.59 Å². The standard InChI is InChI=1S/C19H17ClN2O4S/c1-11-9-15(12(2)27-11)16(23)7-8-18(24)25-10-17-21-22-19(26-17)13-3-5-14(20)6-4-13/h3-6,9H,7-8,10H2,1-2H3. The number of hydrogen-bond donors (Lipinski definition) is 0. The fourth-order valence-electron chi connectivity index (χ4n) is 2.49. The lowest BCUT2D eigenvalue weighted by Gasteiger charge is -2.02. The maximum absolute atomic E-state index is 12.2. The van der Waals surface area contributed by atoms with Crippen LogP contribution in [0.1, 0.15) is 38.8 Å². The van der Waals surface area contributed by atoms with E-state index in [4.69, 9.17) is 20.8 Å². The third kappa shape index (κ3) is 5.02. The number of carbonyl (C=O) groups is 2. The molecule has 0 aliphatic heterocycles. The van der Waals surface area contributed by atoms with Crippen LogP contribution in [-0.2, 0) is 16.1 Å². The molecule has 0 fully saturated rings. The number of rotatable bonds is 7. The maximum Gasteiger partial charge on any atom is 0.306 e. The van der Waals surface area contributed by atoms with Crippen LogP contribution < -0.4 is 0 Å². The largest absolute Gasteiger partial charge is 0.456 e. The molecule has 8 heteroatoms. The molecule has 0 spiro atoms. The topological polar surface area (TPSA) is 82.3 Å². The summed E-state index contributed by atoms with van der Waals surface area (Å²) in [6.07, 6.45) is 0.112. The number of ketones is 1. The number of hydrogen-bond acceptors (Lipinski definition) is 7. The summed E-state index contributed by atoms with van der Waals surface area (Å²) in [4.78, 5) is 26.1. The molecular formula is C19H17ClN2O4S. The highest BCUT2D eigenvalue weighted by Crippen LogP contribution is 2.23. The molecule has 140 valence electrons. The molecular weight excluding hydrogens is 388 g/mol. The zero-order valence-corrected chi connectivity index (χ0v) is 16.4. The molecule has 3 rings (SSSR count). The van der Waals surface area contributed by atoms with Gasteiger partial charge in [0.15, 0.2) is 12.4 Å². The summed E-state index contributed by atoms with van der Waals surface area (Å²) < 4.78 is 10.6. The Bertz CT molecular complexity index is 963. The van der Waals surface area contributed by atoms with E-state index in [0.717, 1.165) is 15.3 Å². The Hall–Kier alpha value is -2.51. The van der Waals surface area contributed by atoms with Gasteiger partial charge in [-0.1, -0.05) is 11.6 Å². The van der Waals surface area contributed by atoms with Crippen LogP contribution in [0.4, 0.5) is 0 Å². The molecule has 0 aliphatic carbocycles. The molecule has 0 saturated carbocycles. The predicted octanol–water partition coefficient (Wildman–Crippen LogP) is 4.77. The fraction of sp³-hybridized carbons (Fsp3) is 0.263. The van der Waals surface area contributed by atoms with Crippen molar-refractivity contribution < 1.29 is 18.7 Å². The van der Waals surface area contributed by atoms with Crippen LogP contribution in [0.2, 0.25) is 5.02 Å². The number of aryl methyl sites for hydroxylation is 2. The van der Waals surface area contributed by atoms with Crippen molar-refractivity contribution in [2.24, 2.45) is 0 Å². The quantitative estimate of drug-likeness (QED) is 0.416. The summed E-state index contributed by atoms with van der Waals surface area (Å²) in [6, 6.07) is 8.80. The van der Waals surface area contributed by atoms with Gasteiger partial charge in [-0.05, 0) is 44.2 Å². The van der Waals surface area contributed by atoms with E-state index >= 15 is 0 Å². The zero-order valence-electron chi connectivity index (χ0n) is 14.8. The van der Waals surface area contributed by atoms with Gasteiger partial charge in [0.05, 0.1) is 6.42 Å². The predicted molar refractivity (Wildman–Crippen MR) is 102 cm³/mol. The molecule has 0 N–H and O–H groups in total. The molecule has 0 radical (unpaired) electrons. The highest BCUT2D eigenvalue weighted by Gasteiger charge is 2.15. The number of carbonyl (C=O) groups excluding carboxylic acids is 2. The average Bonchev–Trinajstić information content (AvgIpc) is 3.24. The number of benzene rings is 1.